The van der Waals surface area contributed by atoms with Crippen LogP contribution in [0.1, 0.15) is 59.1 Å². The van der Waals surface area contributed by atoms with Crippen LogP contribution in [0.2, 0.25) is 0 Å². The Morgan fingerprint density at radius 1 is 0.944 bits per heavy atom. The van der Waals surface area contributed by atoms with Crippen molar-refractivity contribution in [2.24, 2.45) is 5.41 Å². The molecule has 18 heavy (non-hydrogen) atoms. The van der Waals surface area contributed by atoms with Gasteiger partial charge in [-0.05, 0) is 41.4 Å². The highest BCUT2D eigenvalue weighted by Gasteiger charge is 2.22. The summed E-state index contributed by atoms with van der Waals surface area (Å²) in [5, 5.41) is 20.1. The molecule has 0 amide bonds. The van der Waals surface area contributed by atoms with Crippen molar-refractivity contribution >= 4 is 0 Å². The molecule has 0 radical (unpaired) electrons. The minimum Gasteiger partial charge on any atom is -0.508 e. The molecular weight excluding hydrogens is 224 g/mol. The third-order valence-corrected chi connectivity index (χ3v) is 3.13. The Bertz CT molecular complexity index is 420. The van der Waals surface area contributed by atoms with E-state index in [1.54, 1.807) is 12.1 Å². The summed E-state index contributed by atoms with van der Waals surface area (Å²) in [6.07, 6.45) is 1.76. The molecule has 1 aromatic carbocycles. The second kappa shape index (κ2) is 4.83. The molecule has 0 aliphatic carbocycles. The van der Waals surface area contributed by atoms with Crippen molar-refractivity contribution in [2.45, 2.75) is 59.8 Å². The number of aromatic hydroxyl groups is 2. The van der Waals surface area contributed by atoms with Gasteiger partial charge in [0.05, 0.1) is 0 Å². The lowest BCUT2D eigenvalue weighted by molar-refractivity contribution is 0.370. The van der Waals surface area contributed by atoms with Gasteiger partial charge in [0.25, 0.3) is 0 Å². The van der Waals surface area contributed by atoms with Gasteiger partial charge in [0.1, 0.15) is 11.5 Å². The minimum absolute atomic E-state index is 0.167. The normalized spacial score (nSPS) is 12.8. The molecule has 0 aliphatic rings. The van der Waals surface area contributed by atoms with E-state index in [9.17, 15) is 10.2 Å². The van der Waals surface area contributed by atoms with Crippen molar-refractivity contribution in [3.63, 3.8) is 0 Å². The topological polar surface area (TPSA) is 40.5 Å². The summed E-state index contributed by atoms with van der Waals surface area (Å²) >= 11 is 0. The van der Waals surface area contributed by atoms with Crippen LogP contribution in [0.4, 0.5) is 0 Å². The van der Waals surface area contributed by atoms with E-state index in [0.717, 1.165) is 24.0 Å². The first-order valence-electron chi connectivity index (χ1n) is 6.56. The Labute approximate surface area is 111 Å². The predicted octanol–water partition coefficient (Wildman–Crippen LogP) is 4.37. The molecule has 2 nitrogen and oxygen atoms in total. The summed E-state index contributed by atoms with van der Waals surface area (Å²) in [6, 6.07) is 3.34. The zero-order valence-corrected chi connectivity index (χ0v) is 12.5. The monoisotopic (exact) mass is 250 g/mol. The van der Waals surface area contributed by atoms with Crippen LogP contribution in [0.3, 0.4) is 0 Å². The second-order valence-corrected chi connectivity index (χ2v) is 7.31. The maximum atomic E-state index is 10.3. The molecular formula is C16H26O2. The fourth-order valence-corrected chi connectivity index (χ4v) is 1.95. The Balaban J connectivity index is 3.10. The van der Waals surface area contributed by atoms with Crippen molar-refractivity contribution in [3.8, 4) is 11.5 Å². The quantitative estimate of drug-likeness (QED) is 0.765. The maximum Gasteiger partial charge on any atom is 0.122 e. The molecule has 0 atom stereocenters. The molecule has 102 valence electrons. The highest BCUT2D eigenvalue weighted by atomic mass is 16.3. The van der Waals surface area contributed by atoms with Crippen LogP contribution in [-0.2, 0) is 11.8 Å². The lowest BCUT2D eigenvalue weighted by Gasteiger charge is -2.24. The number of phenols is 2. The molecule has 1 aromatic rings. The molecule has 0 aliphatic heterocycles. The van der Waals surface area contributed by atoms with Gasteiger partial charge in [-0.3, -0.25) is 0 Å². The molecule has 0 aromatic heterocycles. The first-order valence-corrected chi connectivity index (χ1v) is 6.56. The lowest BCUT2D eigenvalue weighted by atomic mass is 9.83. The van der Waals surface area contributed by atoms with Crippen LogP contribution >= 0.6 is 0 Å². The smallest absolute Gasteiger partial charge is 0.122 e. The highest BCUT2D eigenvalue weighted by Crippen LogP contribution is 2.37. The summed E-state index contributed by atoms with van der Waals surface area (Å²) in [6.45, 7) is 12.6. The number of phenolic OH excluding ortho intramolecular Hbond substituents is 2. The number of hydrogen-bond acceptors (Lipinski definition) is 2. The van der Waals surface area contributed by atoms with Gasteiger partial charge in [-0.2, -0.15) is 0 Å². The number of hydrogen-bond donors (Lipinski definition) is 2. The van der Waals surface area contributed by atoms with E-state index in [1.807, 2.05) is 20.8 Å². The molecule has 0 bridgehead atoms. The number of benzene rings is 1. The van der Waals surface area contributed by atoms with Crippen LogP contribution in [0.15, 0.2) is 12.1 Å². The van der Waals surface area contributed by atoms with Gasteiger partial charge in [-0.1, -0.05) is 41.5 Å². The van der Waals surface area contributed by atoms with Gasteiger partial charge in [0.2, 0.25) is 0 Å². The largest absolute Gasteiger partial charge is 0.508 e. The Hall–Kier alpha value is -1.18. The molecule has 1 rings (SSSR count). The van der Waals surface area contributed by atoms with Crippen LogP contribution in [0.5, 0.6) is 11.5 Å². The molecule has 0 saturated heterocycles. The molecule has 2 N–H and O–H groups in total. The fraction of sp³-hybridized carbons (Fsp3) is 0.625. The van der Waals surface area contributed by atoms with E-state index in [1.165, 1.54) is 0 Å². The molecule has 0 saturated carbocycles. The van der Waals surface area contributed by atoms with Gasteiger partial charge in [-0.25, -0.2) is 0 Å². The third kappa shape index (κ3) is 3.94. The van der Waals surface area contributed by atoms with Crippen molar-refractivity contribution in [2.75, 3.05) is 0 Å². The second-order valence-electron chi connectivity index (χ2n) is 7.31. The van der Waals surface area contributed by atoms with Gasteiger partial charge < -0.3 is 10.2 Å². The average molecular weight is 250 g/mol. The lowest BCUT2D eigenvalue weighted by Crippen LogP contribution is -2.13. The summed E-state index contributed by atoms with van der Waals surface area (Å²) < 4.78 is 0. The zero-order valence-electron chi connectivity index (χ0n) is 12.5. The predicted molar refractivity (Wildman–Crippen MR) is 76.2 cm³/mol. The molecule has 0 fully saturated rings. The van der Waals surface area contributed by atoms with Gasteiger partial charge in [-0.15, -0.1) is 0 Å². The average Bonchev–Trinajstić information content (AvgIpc) is 2.16. The summed E-state index contributed by atoms with van der Waals surface area (Å²) in [4.78, 5) is 0. The van der Waals surface area contributed by atoms with Crippen molar-refractivity contribution in [1.29, 1.82) is 0 Å². The van der Waals surface area contributed by atoms with Gasteiger partial charge in [0, 0.05) is 5.56 Å². The van der Waals surface area contributed by atoms with Crippen molar-refractivity contribution in [1.82, 2.24) is 0 Å². The molecule has 0 unspecified atom stereocenters. The van der Waals surface area contributed by atoms with Crippen molar-refractivity contribution < 1.29 is 10.2 Å². The molecule has 2 heteroatoms. The van der Waals surface area contributed by atoms with Crippen molar-refractivity contribution in [3.05, 3.63) is 23.3 Å². The minimum atomic E-state index is -0.167. The Morgan fingerprint density at radius 3 is 1.94 bits per heavy atom. The zero-order chi connectivity index (χ0) is 14.1. The molecule has 0 spiro atoms. The van der Waals surface area contributed by atoms with E-state index in [0.29, 0.717) is 5.75 Å². The fourth-order valence-electron chi connectivity index (χ4n) is 1.95. The van der Waals surface area contributed by atoms with Crippen LogP contribution in [0.25, 0.3) is 0 Å². The highest BCUT2D eigenvalue weighted by molar-refractivity contribution is 5.49. The van der Waals surface area contributed by atoms with E-state index >= 15 is 0 Å². The van der Waals surface area contributed by atoms with Gasteiger partial charge >= 0.3 is 0 Å². The number of rotatable bonds is 2. The summed E-state index contributed by atoms with van der Waals surface area (Å²) in [5.74, 6) is 0.575. The summed E-state index contributed by atoms with van der Waals surface area (Å²) in [5.41, 5.74) is 1.71. The Morgan fingerprint density at radius 2 is 1.50 bits per heavy atom. The van der Waals surface area contributed by atoms with E-state index in [-0.39, 0.29) is 16.6 Å². The Kier molecular flexibility index (Phi) is 3.99. The summed E-state index contributed by atoms with van der Waals surface area (Å²) in [7, 11) is 0. The van der Waals surface area contributed by atoms with Crippen LogP contribution in [0, 0.1) is 5.41 Å². The first-order chi connectivity index (χ1) is 8.00. The number of aryl methyl sites for hydroxylation is 1. The molecule has 0 heterocycles. The van der Waals surface area contributed by atoms with E-state index < -0.39 is 0 Å². The first kappa shape index (κ1) is 14.9. The SMILES string of the molecule is CC(C)(C)CCc1cc(O)cc(C(C)(C)C)c1O. The van der Waals surface area contributed by atoms with Gasteiger partial charge in [0.15, 0.2) is 0 Å². The van der Waals surface area contributed by atoms with Crippen LogP contribution < -0.4 is 0 Å². The maximum absolute atomic E-state index is 10.3. The van der Waals surface area contributed by atoms with E-state index in [4.69, 9.17) is 0 Å². The third-order valence-electron chi connectivity index (χ3n) is 3.13. The standard InChI is InChI=1S/C16H26O2/c1-15(2,3)8-7-11-9-12(17)10-13(14(11)18)16(4,5)6/h9-10,17-18H,7-8H2,1-6H3. The van der Waals surface area contributed by atoms with E-state index in [2.05, 4.69) is 20.8 Å². The van der Waals surface area contributed by atoms with Crippen LogP contribution in [-0.4, -0.2) is 10.2 Å².